The van der Waals surface area contributed by atoms with E-state index in [1.54, 1.807) is 12.0 Å². The van der Waals surface area contributed by atoms with Crippen molar-refractivity contribution in [2.75, 3.05) is 25.2 Å². The quantitative estimate of drug-likeness (QED) is 0.426. The first-order valence-electron chi connectivity index (χ1n) is 12.1. The maximum Gasteiger partial charge on any atom is 0.266 e. The Morgan fingerprint density at radius 2 is 1.86 bits per heavy atom. The highest BCUT2D eigenvalue weighted by Gasteiger charge is 2.35. The SMILES string of the molecule is COCCN1C(=O)/C(=C/c2cc3c(cc2C)N(C(C)C)C(C)(C)C=C3C)SC1=Nc1ccccc1. The van der Waals surface area contributed by atoms with Crippen molar-refractivity contribution in [3.05, 3.63) is 70.1 Å². The second-order valence-electron chi connectivity index (χ2n) is 9.96. The van der Waals surface area contributed by atoms with Crippen molar-refractivity contribution in [2.24, 2.45) is 4.99 Å². The molecule has 2 aliphatic heterocycles. The highest BCUT2D eigenvalue weighted by atomic mass is 32.2. The highest BCUT2D eigenvalue weighted by molar-refractivity contribution is 8.18. The summed E-state index contributed by atoms with van der Waals surface area (Å²) >= 11 is 1.43. The molecule has 0 unspecified atom stereocenters. The average molecular weight is 490 g/mol. The van der Waals surface area contributed by atoms with Gasteiger partial charge in [0.1, 0.15) is 0 Å². The first-order chi connectivity index (χ1) is 16.6. The zero-order valence-electron chi connectivity index (χ0n) is 21.8. The van der Waals surface area contributed by atoms with E-state index in [9.17, 15) is 4.79 Å². The number of amides is 1. The molecule has 0 atom stereocenters. The molecule has 0 radical (unpaired) electrons. The van der Waals surface area contributed by atoms with Crippen molar-refractivity contribution >= 4 is 45.9 Å². The zero-order valence-corrected chi connectivity index (χ0v) is 22.6. The number of hydrogen-bond donors (Lipinski definition) is 0. The van der Waals surface area contributed by atoms with Crippen LogP contribution < -0.4 is 4.90 Å². The van der Waals surface area contributed by atoms with E-state index >= 15 is 0 Å². The minimum atomic E-state index is -0.0560. The summed E-state index contributed by atoms with van der Waals surface area (Å²) in [5.41, 5.74) is 6.72. The van der Waals surface area contributed by atoms with Crippen molar-refractivity contribution in [1.29, 1.82) is 0 Å². The number of ether oxygens (including phenoxy) is 1. The van der Waals surface area contributed by atoms with Crippen LogP contribution in [0.2, 0.25) is 0 Å². The second kappa shape index (κ2) is 10.0. The Morgan fingerprint density at radius 3 is 2.51 bits per heavy atom. The van der Waals surface area contributed by atoms with Crippen LogP contribution in [0, 0.1) is 6.92 Å². The van der Waals surface area contributed by atoms with E-state index < -0.39 is 0 Å². The van der Waals surface area contributed by atoms with E-state index in [4.69, 9.17) is 9.73 Å². The molecule has 184 valence electrons. The fourth-order valence-corrected chi connectivity index (χ4v) is 6.05. The van der Waals surface area contributed by atoms with Crippen molar-refractivity contribution in [2.45, 2.75) is 53.1 Å². The van der Waals surface area contributed by atoms with Gasteiger partial charge in [0.05, 0.1) is 29.3 Å². The molecule has 6 heteroatoms. The minimum Gasteiger partial charge on any atom is -0.383 e. The Morgan fingerprint density at radius 1 is 1.14 bits per heavy atom. The topological polar surface area (TPSA) is 45.1 Å². The number of rotatable bonds is 6. The number of hydrogen-bond acceptors (Lipinski definition) is 5. The van der Waals surface area contributed by atoms with E-state index in [2.05, 4.69) is 64.7 Å². The number of anilines is 1. The van der Waals surface area contributed by atoms with Gasteiger partial charge in [0.2, 0.25) is 0 Å². The number of nitrogens with zero attached hydrogens (tertiary/aromatic N) is 3. The van der Waals surface area contributed by atoms with Crippen molar-refractivity contribution in [3.8, 4) is 0 Å². The molecule has 4 rings (SSSR count). The van der Waals surface area contributed by atoms with Gasteiger partial charge in [0.25, 0.3) is 5.91 Å². The van der Waals surface area contributed by atoms with Crippen LogP contribution in [0.15, 0.2) is 58.4 Å². The standard InChI is InChI=1S/C29H35N3O2S/c1-19(2)32-25-15-20(3)22(16-24(25)21(4)18-29(32,5)6)17-26-27(33)31(13-14-34-7)28(35-26)30-23-11-9-8-10-12-23/h8-12,15-19H,13-14H2,1-7H3/b26-17-,30-28?. The van der Waals surface area contributed by atoms with E-state index in [-0.39, 0.29) is 11.4 Å². The smallest absolute Gasteiger partial charge is 0.266 e. The first kappa shape index (κ1) is 25.3. The number of fused-ring (bicyclic) bond motifs is 1. The molecule has 2 aromatic carbocycles. The normalized spacial score (nSPS) is 19.7. The van der Waals surface area contributed by atoms with Crippen LogP contribution in [0.25, 0.3) is 11.6 Å². The monoisotopic (exact) mass is 489 g/mol. The van der Waals surface area contributed by atoms with Crippen LogP contribution in [-0.4, -0.2) is 47.8 Å². The van der Waals surface area contributed by atoms with Crippen LogP contribution >= 0.6 is 11.8 Å². The van der Waals surface area contributed by atoms with Gasteiger partial charge in [0, 0.05) is 24.4 Å². The third kappa shape index (κ3) is 5.09. The molecular formula is C29H35N3O2S. The van der Waals surface area contributed by atoms with Gasteiger partial charge in [-0.1, -0.05) is 24.3 Å². The minimum absolute atomic E-state index is 0.0314. The van der Waals surface area contributed by atoms with Crippen LogP contribution in [0.1, 0.15) is 51.3 Å². The summed E-state index contributed by atoms with van der Waals surface area (Å²) in [6.07, 6.45) is 4.36. The number of carbonyl (C=O) groups is 1. The maximum atomic E-state index is 13.4. The Balaban J connectivity index is 1.75. The number of aliphatic imine (C=N–C) groups is 1. The molecule has 0 N–H and O–H groups in total. The van der Waals surface area contributed by atoms with Gasteiger partial charge < -0.3 is 9.64 Å². The molecule has 0 bridgehead atoms. The first-order valence-corrected chi connectivity index (χ1v) is 12.9. The van der Waals surface area contributed by atoms with Gasteiger partial charge in [-0.2, -0.15) is 0 Å². The summed E-state index contributed by atoms with van der Waals surface area (Å²) in [7, 11) is 1.65. The van der Waals surface area contributed by atoms with Crippen molar-refractivity contribution in [3.63, 3.8) is 0 Å². The predicted octanol–water partition coefficient (Wildman–Crippen LogP) is 6.66. The summed E-state index contributed by atoms with van der Waals surface area (Å²) in [6.45, 7) is 14.2. The van der Waals surface area contributed by atoms with E-state index in [0.717, 1.165) is 16.8 Å². The van der Waals surface area contributed by atoms with Gasteiger partial charge in [-0.3, -0.25) is 9.69 Å². The number of carbonyl (C=O) groups excluding carboxylic acids is 1. The van der Waals surface area contributed by atoms with Gasteiger partial charge in [-0.05, 0) is 100 Å². The number of amidine groups is 1. The molecule has 0 saturated carbocycles. The number of allylic oxidation sites excluding steroid dienone is 1. The third-order valence-electron chi connectivity index (χ3n) is 6.45. The predicted molar refractivity (Wildman–Crippen MR) is 149 cm³/mol. The summed E-state index contributed by atoms with van der Waals surface area (Å²) in [4.78, 5) is 23.0. The van der Waals surface area contributed by atoms with Gasteiger partial charge in [-0.15, -0.1) is 0 Å². The largest absolute Gasteiger partial charge is 0.383 e. The highest BCUT2D eigenvalue weighted by Crippen LogP contribution is 2.42. The van der Waals surface area contributed by atoms with Crippen LogP contribution in [0.4, 0.5) is 11.4 Å². The Kier molecular flexibility index (Phi) is 7.25. The fraction of sp³-hybridized carbons (Fsp3) is 0.379. The number of para-hydroxylation sites is 1. The van der Waals surface area contributed by atoms with Crippen LogP contribution in [0.5, 0.6) is 0 Å². The number of benzene rings is 2. The Labute approximate surface area is 213 Å². The lowest BCUT2D eigenvalue weighted by atomic mass is 9.86. The lowest BCUT2D eigenvalue weighted by Gasteiger charge is -2.46. The molecule has 2 aliphatic rings. The Bertz CT molecular complexity index is 1210. The molecular weight excluding hydrogens is 454 g/mol. The average Bonchev–Trinajstić information content (AvgIpc) is 3.07. The molecule has 1 fully saturated rings. The molecule has 1 amide bonds. The molecule has 0 aliphatic carbocycles. The van der Waals surface area contributed by atoms with Gasteiger partial charge >= 0.3 is 0 Å². The number of aryl methyl sites for hydroxylation is 1. The third-order valence-corrected chi connectivity index (χ3v) is 7.46. The van der Waals surface area contributed by atoms with Crippen molar-refractivity contribution in [1.82, 2.24) is 4.90 Å². The Hall–Kier alpha value is -2.83. The van der Waals surface area contributed by atoms with Crippen LogP contribution in [0.3, 0.4) is 0 Å². The number of thioether (sulfide) groups is 1. The summed E-state index contributed by atoms with van der Waals surface area (Å²) in [5.74, 6) is -0.0314. The van der Waals surface area contributed by atoms with E-state index in [1.807, 2.05) is 36.4 Å². The summed E-state index contributed by atoms with van der Waals surface area (Å²) < 4.78 is 5.25. The maximum absolute atomic E-state index is 13.4. The van der Waals surface area contributed by atoms with E-state index in [1.165, 1.54) is 28.6 Å². The molecule has 0 aromatic heterocycles. The van der Waals surface area contributed by atoms with E-state index in [0.29, 0.717) is 29.3 Å². The lowest BCUT2D eigenvalue weighted by molar-refractivity contribution is -0.122. The van der Waals surface area contributed by atoms with Gasteiger partial charge in [0.15, 0.2) is 5.17 Å². The molecule has 35 heavy (non-hydrogen) atoms. The lowest BCUT2D eigenvalue weighted by Crippen LogP contribution is -2.49. The summed E-state index contributed by atoms with van der Waals surface area (Å²) in [6, 6.07) is 14.6. The summed E-state index contributed by atoms with van der Waals surface area (Å²) in [5, 5.41) is 0.684. The van der Waals surface area contributed by atoms with Gasteiger partial charge in [-0.25, -0.2) is 4.99 Å². The molecule has 1 saturated heterocycles. The molecule has 5 nitrogen and oxygen atoms in total. The molecule has 2 aromatic rings. The number of methoxy groups -OCH3 is 1. The van der Waals surface area contributed by atoms with Crippen LogP contribution in [-0.2, 0) is 9.53 Å². The second-order valence-corrected chi connectivity index (χ2v) is 11.0. The van der Waals surface area contributed by atoms with Crippen molar-refractivity contribution < 1.29 is 9.53 Å². The fourth-order valence-electron chi connectivity index (χ4n) is 5.04. The molecule has 0 spiro atoms. The molecule has 2 heterocycles. The zero-order chi connectivity index (χ0) is 25.3.